The van der Waals surface area contributed by atoms with Crippen molar-refractivity contribution in [3.8, 4) is 0 Å². The van der Waals surface area contributed by atoms with E-state index < -0.39 is 0 Å². The van der Waals surface area contributed by atoms with Gasteiger partial charge in [0.2, 0.25) is 5.91 Å². The molecule has 0 bridgehead atoms. The van der Waals surface area contributed by atoms with Gasteiger partial charge in [-0.3, -0.25) is 4.79 Å². The molecule has 0 aliphatic rings. The van der Waals surface area contributed by atoms with E-state index in [4.69, 9.17) is 17.3 Å². The number of carbonyl (C=O) groups excluding carboxylic acids is 1. The lowest BCUT2D eigenvalue weighted by molar-refractivity contribution is -0.116. The van der Waals surface area contributed by atoms with E-state index in [0.717, 1.165) is 5.56 Å². The van der Waals surface area contributed by atoms with Crippen molar-refractivity contribution in [2.45, 2.75) is 12.8 Å². The molecule has 1 aromatic heterocycles. The Morgan fingerprint density at radius 1 is 1.21 bits per heavy atom. The molecule has 1 amide bonds. The summed E-state index contributed by atoms with van der Waals surface area (Å²) in [4.78, 5) is 15.8. The highest BCUT2D eigenvalue weighted by molar-refractivity contribution is 6.29. The Kier molecular flexibility index (Phi) is 4.36. The summed E-state index contributed by atoms with van der Waals surface area (Å²) in [6.07, 6.45) is 0.946. The fourth-order valence-corrected chi connectivity index (χ4v) is 1.86. The fraction of sp³-hybridized carbons (Fsp3) is 0.143. The first-order valence-corrected chi connectivity index (χ1v) is 6.29. The number of carbonyl (C=O) groups is 1. The topological polar surface area (TPSA) is 68.0 Å². The molecule has 0 saturated heterocycles. The molecule has 0 aliphatic heterocycles. The summed E-state index contributed by atoms with van der Waals surface area (Å²) in [6, 6.07) is 12.6. The Hall–Kier alpha value is -2.07. The van der Waals surface area contributed by atoms with Crippen molar-refractivity contribution in [1.29, 1.82) is 0 Å². The number of pyridine rings is 1. The van der Waals surface area contributed by atoms with Crippen LogP contribution in [-0.4, -0.2) is 10.9 Å². The van der Waals surface area contributed by atoms with Gasteiger partial charge in [-0.25, -0.2) is 4.98 Å². The minimum atomic E-state index is -0.113. The van der Waals surface area contributed by atoms with Crippen LogP contribution in [-0.2, 0) is 11.2 Å². The molecule has 0 spiro atoms. The largest absolute Gasteiger partial charge is 0.399 e. The summed E-state index contributed by atoms with van der Waals surface area (Å²) in [5.74, 6) is 0.344. The summed E-state index contributed by atoms with van der Waals surface area (Å²) >= 11 is 5.74. The molecule has 0 unspecified atom stereocenters. The van der Waals surface area contributed by atoms with Crippen LogP contribution in [0.2, 0.25) is 5.15 Å². The van der Waals surface area contributed by atoms with Gasteiger partial charge in [-0.2, -0.15) is 0 Å². The molecule has 0 radical (unpaired) electrons. The Labute approximate surface area is 116 Å². The number of amides is 1. The van der Waals surface area contributed by atoms with Gasteiger partial charge in [-0.1, -0.05) is 35.9 Å². The number of nitrogens with one attached hydrogen (secondary N) is 1. The fourth-order valence-electron chi connectivity index (χ4n) is 1.69. The molecule has 0 atom stereocenters. The average molecular weight is 276 g/mol. The number of nitrogen functional groups attached to an aromatic ring is 1. The van der Waals surface area contributed by atoms with E-state index in [2.05, 4.69) is 10.3 Å². The van der Waals surface area contributed by atoms with Gasteiger partial charge in [0.15, 0.2) is 0 Å². The van der Waals surface area contributed by atoms with Crippen LogP contribution < -0.4 is 11.1 Å². The van der Waals surface area contributed by atoms with Gasteiger partial charge in [0.25, 0.3) is 0 Å². The quantitative estimate of drug-likeness (QED) is 0.666. The number of nitrogens with zero attached hydrogens (tertiary/aromatic N) is 1. The SMILES string of the molecule is Nc1ccccc1CCC(=O)Nc1cccc(Cl)n1. The molecule has 5 heteroatoms. The standard InChI is InChI=1S/C14H14ClN3O/c15-12-6-3-7-13(17-12)18-14(19)9-8-10-4-1-2-5-11(10)16/h1-7H,8-9,16H2,(H,17,18,19). The van der Waals surface area contributed by atoms with Crippen molar-refractivity contribution < 1.29 is 4.79 Å². The third kappa shape index (κ3) is 3.96. The molecule has 1 aromatic carbocycles. The molecule has 0 saturated carbocycles. The second-order valence-corrected chi connectivity index (χ2v) is 4.48. The van der Waals surface area contributed by atoms with Crippen LogP contribution in [0.5, 0.6) is 0 Å². The van der Waals surface area contributed by atoms with E-state index in [9.17, 15) is 4.79 Å². The monoisotopic (exact) mass is 275 g/mol. The predicted octanol–water partition coefficient (Wildman–Crippen LogP) is 2.89. The van der Waals surface area contributed by atoms with Crippen LogP contribution in [0.3, 0.4) is 0 Å². The van der Waals surface area contributed by atoms with Gasteiger partial charge in [0, 0.05) is 12.1 Å². The van der Waals surface area contributed by atoms with Gasteiger partial charge >= 0.3 is 0 Å². The van der Waals surface area contributed by atoms with Crippen LogP contribution in [0, 0.1) is 0 Å². The molecule has 2 aromatic rings. The number of aromatic nitrogens is 1. The maximum Gasteiger partial charge on any atom is 0.225 e. The van der Waals surface area contributed by atoms with Crippen LogP contribution in [0.25, 0.3) is 0 Å². The van der Waals surface area contributed by atoms with Crippen molar-refractivity contribution in [3.63, 3.8) is 0 Å². The average Bonchev–Trinajstić information content (AvgIpc) is 2.38. The van der Waals surface area contributed by atoms with E-state index in [-0.39, 0.29) is 5.91 Å². The summed E-state index contributed by atoms with van der Waals surface area (Å²) in [6.45, 7) is 0. The van der Waals surface area contributed by atoms with E-state index in [1.54, 1.807) is 18.2 Å². The molecule has 2 rings (SSSR count). The highest BCUT2D eigenvalue weighted by atomic mass is 35.5. The summed E-state index contributed by atoms with van der Waals surface area (Å²) in [5.41, 5.74) is 7.49. The van der Waals surface area contributed by atoms with Crippen molar-refractivity contribution in [2.75, 3.05) is 11.1 Å². The van der Waals surface area contributed by atoms with E-state index >= 15 is 0 Å². The molecule has 0 aliphatic carbocycles. The molecule has 0 fully saturated rings. The number of nitrogens with two attached hydrogens (primary N) is 1. The van der Waals surface area contributed by atoms with Gasteiger partial charge in [-0.15, -0.1) is 0 Å². The van der Waals surface area contributed by atoms with E-state index in [1.165, 1.54) is 0 Å². The third-order valence-corrected chi connectivity index (χ3v) is 2.87. The zero-order valence-electron chi connectivity index (χ0n) is 10.3. The number of aryl methyl sites for hydroxylation is 1. The van der Waals surface area contributed by atoms with Gasteiger partial charge in [-0.05, 0) is 30.2 Å². The van der Waals surface area contributed by atoms with Crippen molar-refractivity contribution in [1.82, 2.24) is 4.98 Å². The lowest BCUT2D eigenvalue weighted by Gasteiger charge is -2.06. The van der Waals surface area contributed by atoms with Crippen molar-refractivity contribution >= 4 is 29.0 Å². The molecule has 19 heavy (non-hydrogen) atoms. The highest BCUT2D eigenvalue weighted by Gasteiger charge is 2.05. The maximum atomic E-state index is 11.8. The molecule has 98 valence electrons. The Bertz CT molecular complexity index is 586. The van der Waals surface area contributed by atoms with Crippen LogP contribution in [0.1, 0.15) is 12.0 Å². The molecule has 3 N–H and O–H groups in total. The van der Waals surface area contributed by atoms with E-state index in [1.807, 2.05) is 24.3 Å². The molecular weight excluding hydrogens is 262 g/mol. The lowest BCUT2D eigenvalue weighted by Crippen LogP contribution is -2.13. The highest BCUT2D eigenvalue weighted by Crippen LogP contribution is 2.14. The summed E-state index contributed by atoms with van der Waals surface area (Å²) in [5, 5.41) is 3.05. The van der Waals surface area contributed by atoms with Gasteiger partial charge in [0.05, 0.1) is 0 Å². The smallest absolute Gasteiger partial charge is 0.225 e. The normalized spacial score (nSPS) is 10.2. The molecular formula is C14H14ClN3O. The number of anilines is 2. The number of hydrogen-bond donors (Lipinski definition) is 2. The first-order valence-electron chi connectivity index (χ1n) is 5.91. The predicted molar refractivity (Wildman–Crippen MR) is 77.1 cm³/mol. The van der Waals surface area contributed by atoms with E-state index in [0.29, 0.717) is 29.5 Å². The minimum Gasteiger partial charge on any atom is -0.399 e. The Morgan fingerprint density at radius 2 is 2.00 bits per heavy atom. The van der Waals surface area contributed by atoms with Crippen LogP contribution in [0.15, 0.2) is 42.5 Å². The zero-order chi connectivity index (χ0) is 13.7. The number of benzene rings is 1. The van der Waals surface area contributed by atoms with Crippen LogP contribution >= 0.6 is 11.6 Å². The lowest BCUT2D eigenvalue weighted by atomic mass is 10.1. The number of halogens is 1. The van der Waals surface area contributed by atoms with Crippen LogP contribution in [0.4, 0.5) is 11.5 Å². The number of hydrogen-bond acceptors (Lipinski definition) is 3. The van der Waals surface area contributed by atoms with Crippen molar-refractivity contribution in [3.05, 3.63) is 53.2 Å². The second-order valence-electron chi connectivity index (χ2n) is 4.09. The first-order chi connectivity index (χ1) is 9.15. The number of rotatable bonds is 4. The Balaban J connectivity index is 1.90. The maximum absolute atomic E-state index is 11.8. The minimum absolute atomic E-state index is 0.113. The zero-order valence-corrected chi connectivity index (χ0v) is 11.0. The van der Waals surface area contributed by atoms with Gasteiger partial charge in [0.1, 0.15) is 11.0 Å². The molecule has 4 nitrogen and oxygen atoms in total. The Morgan fingerprint density at radius 3 is 2.74 bits per heavy atom. The van der Waals surface area contributed by atoms with Gasteiger partial charge < -0.3 is 11.1 Å². The number of para-hydroxylation sites is 1. The van der Waals surface area contributed by atoms with Crippen molar-refractivity contribution in [2.24, 2.45) is 0 Å². The summed E-state index contributed by atoms with van der Waals surface area (Å²) in [7, 11) is 0. The summed E-state index contributed by atoms with van der Waals surface area (Å²) < 4.78 is 0. The molecule has 1 heterocycles. The first kappa shape index (κ1) is 13.4. The third-order valence-electron chi connectivity index (χ3n) is 2.66. The second kappa shape index (κ2) is 6.20.